The van der Waals surface area contributed by atoms with Crippen LogP contribution in [0.5, 0.6) is 0 Å². The number of alkyl carbamates (subject to hydrolysis) is 1. The predicted octanol–water partition coefficient (Wildman–Crippen LogP) is 0.00460. The molecule has 4 atom stereocenters. The number of ether oxygens (including phenoxy) is 3. The van der Waals surface area contributed by atoms with E-state index in [1.807, 2.05) is 20.8 Å². The van der Waals surface area contributed by atoms with Gasteiger partial charge in [-0.15, -0.1) is 0 Å². The van der Waals surface area contributed by atoms with Gasteiger partial charge in [-0.2, -0.15) is 0 Å². The van der Waals surface area contributed by atoms with Crippen molar-refractivity contribution in [1.29, 1.82) is 0 Å². The molecule has 0 aromatic heterocycles. The first-order valence-corrected chi connectivity index (χ1v) is 5.85. The Morgan fingerprint density at radius 1 is 1.29 bits per heavy atom. The van der Waals surface area contributed by atoms with Crippen LogP contribution in [-0.2, 0) is 14.2 Å². The highest BCUT2D eigenvalue weighted by atomic mass is 16.6. The second kappa shape index (κ2) is 4.44. The molecule has 2 heterocycles. The molecule has 3 N–H and O–H groups in total. The zero-order valence-electron chi connectivity index (χ0n) is 10.4. The molecule has 0 aromatic carbocycles. The molecule has 2 rings (SSSR count). The lowest BCUT2D eigenvalue weighted by molar-refractivity contribution is 0.0406. The average Bonchev–Trinajstić information content (AvgIpc) is 2.69. The normalized spacial score (nSPS) is 36.7. The fourth-order valence-corrected chi connectivity index (χ4v) is 2.11. The Hall–Kier alpha value is -0.850. The van der Waals surface area contributed by atoms with Gasteiger partial charge in [-0.25, -0.2) is 4.79 Å². The number of carbonyl (C=O) groups excluding carboxylic acids is 1. The van der Waals surface area contributed by atoms with Gasteiger partial charge >= 0.3 is 6.09 Å². The van der Waals surface area contributed by atoms with Gasteiger partial charge in [0.15, 0.2) is 0 Å². The van der Waals surface area contributed by atoms with E-state index in [0.717, 1.165) is 0 Å². The molecule has 2 saturated heterocycles. The summed E-state index contributed by atoms with van der Waals surface area (Å²) < 4.78 is 16.2. The van der Waals surface area contributed by atoms with Gasteiger partial charge in [-0.1, -0.05) is 0 Å². The molecule has 0 unspecified atom stereocenters. The molecule has 2 aliphatic heterocycles. The lowest BCUT2D eigenvalue weighted by Gasteiger charge is -2.23. The standard InChI is InChI=1S/C11H20N2O4/c1-11(2,3)17-10(14)13-7-5-16-8-6(12)4-15-9(7)8/h6-9H,4-5,12H2,1-3H3,(H,13,14)/t6-,7-,8-,9+/m0/s1. The Morgan fingerprint density at radius 3 is 2.59 bits per heavy atom. The van der Waals surface area contributed by atoms with Crippen LogP contribution in [0.2, 0.25) is 0 Å². The molecular formula is C11H20N2O4. The summed E-state index contributed by atoms with van der Waals surface area (Å²) in [7, 11) is 0. The highest BCUT2D eigenvalue weighted by Gasteiger charge is 2.47. The summed E-state index contributed by atoms with van der Waals surface area (Å²) >= 11 is 0. The molecular weight excluding hydrogens is 224 g/mol. The highest BCUT2D eigenvalue weighted by molar-refractivity contribution is 5.68. The van der Waals surface area contributed by atoms with E-state index in [0.29, 0.717) is 13.2 Å². The monoisotopic (exact) mass is 244 g/mol. The summed E-state index contributed by atoms with van der Waals surface area (Å²) in [6.45, 7) is 6.36. The minimum Gasteiger partial charge on any atom is -0.444 e. The maximum Gasteiger partial charge on any atom is 0.408 e. The molecule has 98 valence electrons. The minimum atomic E-state index is -0.504. The SMILES string of the molecule is CC(C)(C)OC(=O)N[C@H]1CO[C@@H]2[C@@H]1OC[C@@H]2N. The quantitative estimate of drug-likeness (QED) is 0.678. The Kier molecular flexibility index (Phi) is 3.29. The topological polar surface area (TPSA) is 82.8 Å². The van der Waals surface area contributed by atoms with Crippen molar-refractivity contribution in [3.8, 4) is 0 Å². The van der Waals surface area contributed by atoms with Crippen LogP contribution >= 0.6 is 0 Å². The third-order valence-corrected chi connectivity index (χ3v) is 2.79. The van der Waals surface area contributed by atoms with Crippen molar-refractivity contribution >= 4 is 6.09 Å². The van der Waals surface area contributed by atoms with Crippen LogP contribution in [0.25, 0.3) is 0 Å². The summed E-state index contributed by atoms with van der Waals surface area (Å²) in [5.74, 6) is 0. The first-order valence-electron chi connectivity index (χ1n) is 5.85. The molecule has 0 bridgehead atoms. The molecule has 0 saturated carbocycles. The Morgan fingerprint density at radius 2 is 1.94 bits per heavy atom. The number of amides is 1. The van der Waals surface area contributed by atoms with Gasteiger partial charge in [-0.3, -0.25) is 0 Å². The van der Waals surface area contributed by atoms with Gasteiger partial charge in [0.25, 0.3) is 0 Å². The second-order valence-electron chi connectivity index (χ2n) is 5.51. The maximum absolute atomic E-state index is 11.6. The van der Waals surface area contributed by atoms with Crippen LogP contribution in [0.4, 0.5) is 4.79 Å². The number of carbonyl (C=O) groups is 1. The smallest absolute Gasteiger partial charge is 0.408 e. The number of nitrogens with one attached hydrogen (secondary N) is 1. The molecule has 2 fully saturated rings. The van der Waals surface area contributed by atoms with E-state index >= 15 is 0 Å². The number of hydrogen-bond donors (Lipinski definition) is 2. The largest absolute Gasteiger partial charge is 0.444 e. The zero-order valence-corrected chi connectivity index (χ0v) is 10.4. The van der Waals surface area contributed by atoms with Gasteiger partial charge in [0.2, 0.25) is 0 Å². The van der Waals surface area contributed by atoms with Gasteiger partial charge < -0.3 is 25.3 Å². The first kappa shape index (κ1) is 12.6. The molecule has 0 spiro atoms. The third-order valence-electron chi connectivity index (χ3n) is 2.79. The molecule has 1 amide bonds. The molecule has 0 aromatic rings. The Labute approximate surface area is 101 Å². The van der Waals surface area contributed by atoms with Crippen molar-refractivity contribution < 1.29 is 19.0 Å². The van der Waals surface area contributed by atoms with Gasteiger partial charge in [0, 0.05) is 0 Å². The summed E-state index contributed by atoms with van der Waals surface area (Å²) in [4.78, 5) is 11.6. The molecule has 2 aliphatic rings. The number of nitrogens with two attached hydrogens (primary N) is 1. The van der Waals surface area contributed by atoms with Crippen LogP contribution < -0.4 is 11.1 Å². The summed E-state index contributed by atoms with van der Waals surface area (Å²) in [6, 6.07) is -0.283. The van der Waals surface area contributed by atoms with Crippen LogP contribution in [0.3, 0.4) is 0 Å². The highest BCUT2D eigenvalue weighted by Crippen LogP contribution is 2.26. The van der Waals surface area contributed by atoms with E-state index in [1.54, 1.807) is 0 Å². The van der Waals surface area contributed by atoms with E-state index in [-0.39, 0.29) is 24.3 Å². The molecule has 0 radical (unpaired) electrons. The van der Waals surface area contributed by atoms with Crippen molar-refractivity contribution in [3.05, 3.63) is 0 Å². The second-order valence-corrected chi connectivity index (χ2v) is 5.51. The fourth-order valence-electron chi connectivity index (χ4n) is 2.11. The summed E-state index contributed by atoms with van der Waals surface area (Å²) in [6.07, 6.45) is -0.719. The van der Waals surface area contributed by atoms with E-state index in [4.69, 9.17) is 19.9 Å². The van der Waals surface area contributed by atoms with Crippen molar-refractivity contribution in [1.82, 2.24) is 5.32 Å². The van der Waals surface area contributed by atoms with Crippen molar-refractivity contribution in [2.45, 2.75) is 50.7 Å². The zero-order chi connectivity index (χ0) is 12.6. The van der Waals surface area contributed by atoms with Gasteiger partial charge in [0.1, 0.15) is 17.8 Å². The van der Waals surface area contributed by atoms with Crippen LogP contribution in [0.1, 0.15) is 20.8 Å². The van der Waals surface area contributed by atoms with Gasteiger partial charge in [0.05, 0.1) is 25.3 Å². The van der Waals surface area contributed by atoms with Crippen molar-refractivity contribution in [2.75, 3.05) is 13.2 Å². The molecule has 0 aliphatic carbocycles. The summed E-state index contributed by atoms with van der Waals surface area (Å²) in [5.41, 5.74) is 5.32. The molecule has 6 heteroatoms. The number of fused-ring (bicyclic) bond motifs is 1. The molecule has 17 heavy (non-hydrogen) atoms. The van der Waals surface area contributed by atoms with E-state index < -0.39 is 11.7 Å². The summed E-state index contributed by atoms with van der Waals surface area (Å²) in [5, 5.41) is 2.76. The van der Waals surface area contributed by atoms with Crippen LogP contribution in [0, 0.1) is 0 Å². The predicted molar refractivity (Wildman–Crippen MR) is 60.6 cm³/mol. The third kappa shape index (κ3) is 2.88. The Bertz CT molecular complexity index is 302. The van der Waals surface area contributed by atoms with Crippen molar-refractivity contribution in [3.63, 3.8) is 0 Å². The fraction of sp³-hybridized carbons (Fsp3) is 0.909. The van der Waals surface area contributed by atoms with E-state index in [1.165, 1.54) is 0 Å². The van der Waals surface area contributed by atoms with Crippen molar-refractivity contribution in [2.24, 2.45) is 5.73 Å². The molecule has 6 nitrogen and oxygen atoms in total. The number of rotatable bonds is 1. The Balaban J connectivity index is 1.86. The average molecular weight is 244 g/mol. The lowest BCUT2D eigenvalue weighted by Crippen LogP contribution is -2.46. The maximum atomic E-state index is 11.6. The van der Waals surface area contributed by atoms with Gasteiger partial charge in [-0.05, 0) is 20.8 Å². The van der Waals surface area contributed by atoms with Crippen LogP contribution in [-0.4, -0.2) is 49.2 Å². The first-order chi connectivity index (χ1) is 7.87. The lowest BCUT2D eigenvalue weighted by atomic mass is 10.1. The van der Waals surface area contributed by atoms with Crippen LogP contribution in [0.15, 0.2) is 0 Å². The number of hydrogen-bond acceptors (Lipinski definition) is 5. The van der Waals surface area contributed by atoms with E-state index in [9.17, 15) is 4.79 Å². The van der Waals surface area contributed by atoms with E-state index in [2.05, 4.69) is 5.32 Å². The minimum absolute atomic E-state index is 0.106.